The van der Waals surface area contributed by atoms with E-state index in [9.17, 15) is 4.79 Å². The molecule has 0 atom stereocenters. The first kappa shape index (κ1) is 13.2. The monoisotopic (exact) mass is 310 g/mol. The molecule has 1 amide bonds. The van der Waals surface area contributed by atoms with E-state index in [1.54, 1.807) is 40.7 Å². The number of rotatable bonds is 2. The molecular formula is C16H14N4OS. The summed E-state index contributed by atoms with van der Waals surface area (Å²) in [5, 5.41) is 2.10. The molecule has 0 radical (unpaired) electrons. The second-order valence-corrected chi connectivity index (χ2v) is 6.22. The third kappa shape index (κ3) is 2.31. The molecule has 0 unspecified atom stereocenters. The van der Waals surface area contributed by atoms with E-state index >= 15 is 0 Å². The number of aromatic nitrogens is 3. The molecule has 0 N–H and O–H groups in total. The van der Waals surface area contributed by atoms with Gasteiger partial charge >= 0.3 is 0 Å². The smallest absolute Gasteiger partial charge is 0.254 e. The zero-order chi connectivity index (χ0) is 14.9. The van der Waals surface area contributed by atoms with Gasteiger partial charge in [-0.05, 0) is 35.6 Å². The Labute approximate surface area is 131 Å². The highest BCUT2D eigenvalue weighted by molar-refractivity contribution is 7.10. The molecule has 22 heavy (non-hydrogen) atoms. The predicted molar refractivity (Wildman–Crippen MR) is 84.1 cm³/mol. The van der Waals surface area contributed by atoms with E-state index in [1.165, 1.54) is 10.4 Å². The van der Waals surface area contributed by atoms with Crippen molar-refractivity contribution in [3.05, 3.63) is 64.5 Å². The Morgan fingerprint density at radius 1 is 1.27 bits per heavy atom. The second-order valence-electron chi connectivity index (χ2n) is 5.22. The summed E-state index contributed by atoms with van der Waals surface area (Å²) in [6.07, 6.45) is 7.80. The van der Waals surface area contributed by atoms with Gasteiger partial charge in [0.2, 0.25) is 0 Å². The lowest BCUT2D eigenvalue weighted by Crippen LogP contribution is -2.35. The first-order valence-corrected chi connectivity index (χ1v) is 7.98. The summed E-state index contributed by atoms with van der Waals surface area (Å²) in [6, 6.07) is 5.70. The number of fused-ring (bicyclic) bond motifs is 1. The first-order valence-electron chi connectivity index (χ1n) is 7.10. The lowest BCUT2D eigenvalue weighted by Gasteiger charge is -2.27. The van der Waals surface area contributed by atoms with E-state index in [0.29, 0.717) is 17.9 Å². The van der Waals surface area contributed by atoms with Gasteiger partial charge < -0.3 is 4.90 Å². The average molecular weight is 310 g/mol. The van der Waals surface area contributed by atoms with Gasteiger partial charge in [0.1, 0.15) is 12.1 Å². The van der Waals surface area contributed by atoms with Gasteiger partial charge in [-0.2, -0.15) is 0 Å². The van der Waals surface area contributed by atoms with E-state index in [0.717, 1.165) is 13.0 Å². The summed E-state index contributed by atoms with van der Waals surface area (Å²) < 4.78 is 1.80. The van der Waals surface area contributed by atoms with Crippen LogP contribution in [0.1, 0.15) is 20.8 Å². The SMILES string of the molecule is O=C(c1ccnc(-n2ccnc2)c1)N1CCc2sccc2C1. The number of carbonyl (C=O) groups is 1. The van der Waals surface area contributed by atoms with Crippen LogP contribution in [0.5, 0.6) is 0 Å². The van der Waals surface area contributed by atoms with Crippen molar-refractivity contribution < 1.29 is 4.79 Å². The van der Waals surface area contributed by atoms with Gasteiger partial charge in [0.15, 0.2) is 0 Å². The summed E-state index contributed by atoms with van der Waals surface area (Å²) in [5.74, 6) is 0.761. The molecule has 0 saturated carbocycles. The Bertz CT molecular complexity index is 809. The van der Waals surface area contributed by atoms with Crippen LogP contribution in [0.4, 0.5) is 0 Å². The van der Waals surface area contributed by atoms with Crippen LogP contribution >= 0.6 is 11.3 Å². The third-order valence-corrected chi connectivity index (χ3v) is 4.88. The Kier molecular flexibility index (Phi) is 3.23. The van der Waals surface area contributed by atoms with Crippen LogP contribution in [0.2, 0.25) is 0 Å². The average Bonchev–Trinajstić information content (AvgIpc) is 3.25. The molecule has 1 aliphatic rings. The predicted octanol–water partition coefficient (Wildman–Crippen LogP) is 2.53. The lowest BCUT2D eigenvalue weighted by molar-refractivity contribution is 0.0735. The molecular weight excluding hydrogens is 296 g/mol. The van der Waals surface area contributed by atoms with E-state index in [2.05, 4.69) is 21.4 Å². The second kappa shape index (κ2) is 5.38. The van der Waals surface area contributed by atoms with Crippen LogP contribution in [0.3, 0.4) is 0 Å². The number of hydrogen-bond acceptors (Lipinski definition) is 4. The maximum absolute atomic E-state index is 12.7. The van der Waals surface area contributed by atoms with E-state index in [4.69, 9.17) is 0 Å². The lowest BCUT2D eigenvalue weighted by atomic mass is 10.1. The first-order chi connectivity index (χ1) is 10.8. The highest BCUT2D eigenvalue weighted by Crippen LogP contribution is 2.25. The van der Waals surface area contributed by atoms with Crippen LogP contribution < -0.4 is 0 Å². The topological polar surface area (TPSA) is 51.0 Å². The molecule has 4 rings (SSSR count). The summed E-state index contributed by atoms with van der Waals surface area (Å²) in [4.78, 5) is 24.3. The summed E-state index contributed by atoms with van der Waals surface area (Å²) in [7, 11) is 0. The van der Waals surface area contributed by atoms with Crippen molar-refractivity contribution in [1.29, 1.82) is 0 Å². The summed E-state index contributed by atoms with van der Waals surface area (Å²) in [5.41, 5.74) is 1.94. The number of imidazole rings is 1. The van der Waals surface area contributed by atoms with Gasteiger partial charge in [0.25, 0.3) is 5.91 Å². The Morgan fingerprint density at radius 3 is 3.09 bits per heavy atom. The van der Waals surface area contributed by atoms with Crippen molar-refractivity contribution in [2.45, 2.75) is 13.0 Å². The highest BCUT2D eigenvalue weighted by Gasteiger charge is 2.22. The van der Waals surface area contributed by atoms with Crippen molar-refractivity contribution in [1.82, 2.24) is 19.4 Å². The molecule has 0 spiro atoms. The molecule has 0 saturated heterocycles. The molecule has 0 aromatic carbocycles. The Morgan fingerprint density at radius 2 is 2.23 bits per heavy atom. The summed E-state index contributed by atoms with van der Waals surface area (Å²) >= 11 is 1.78. The van der Waals surface area contributed by atoms with Crippen LogP contribution in [0, 0.1) is 0 Å². The zero-order valence-corrected chi connectivity index (χ0v) is 12.7. The molecule has 0 fully saturated rings. The van der Waals surface area contributed by atoms with Gasteiger partial charge in [-0.15, -0.1) is 11.3 Å². The minimum atomic E-state index is 0.0561. The molecule has 5 nitrogen and oxygen atoms in total. The zero-order valence-electron chi connectivity index (χ0n) is 11.8. The van der Waals surface area contributed by atoms with Crippen LogP contribution in [0.25, 0.3) is 5.82 Å². The van der Waals surface area contributed by atoms with Crippen molar-refractivity contribution >= 4 is 17.2 Å². The van der Waals surface area contributed by atoms with Gasteiger partial charge in [-0.25, -0.2) is 9.97 Å². The van der Waals surface area contributed by atoms with Crippen molar-refractivity contribution in [2.24, 2.45) is 0 Å². The number of pyridine rings is 1. The molecule has 6 heteroatoms. The van der Waals surface area contributed by atoms with E-state index in [-0.39, 0.29) is 5.91 Å². The van der Waals surface area contributed by atoms with E-state index in [1.807, 2.05) is 17.2 Å². The molecule has 3 aromatic heterocycles. The normalized spacial score (nSPS) is 13.9. The number of thiophene rings is 1. The fourth-order valence-electron chi connectivity index (χ4n) is 2.69. The Balaban J connectivity index is 1.60. The van der Waals surface area contributed by atoms with Gasteiger partial charge in [-0.3, -0.25) is 9.36 Å². The van der Waals surface area contributed by atoms with Crippen molar-refractivity contribution in [2.75, 3.05) is 6.54 Å². The minimum Gasteiger partial charge on any atom is -0.334 e. The molecule has 110 valence electrons. The maximum atomic E-state index is 12.7. The molecule has 0 aliphatic carbocycles. The van der Waals surface area contributed by atoms with Crippen molar-refractivity contribution in [3.63, 3.8) is 0 Å². The van der Waals surface area contributed by atoms with E-state index < -0.39 is 0 Å². The minimum absolute atomic E-state index is 0.0561. The third-order valence-electron chi connectivity index (χ3n) is 3.86. The molecule has 1 aliphatic heterocycles. The molecule has 4 heterocycles. The Hall–Kier alpha value is -2.47. The van der Waals surface area contributed by atoms with Gasteiger partial charge in [0, 0.05) is 42.1 Å². The largest absolute Gasteiger partial charge is 0.334 e. The molecule has 3 aromatic rings. The number of carbonyl (C=O) groups excluding carboxylic acids is 1. The maximum Gasteiger partial charge on any atom is 0.254 e. The van der Waals surface area contributed by atoms with Crippen molar-refractivity contribution in [3.8, 4) is 5.82 Å². The fraction of sp³-hybridized carbons (Fsp3) is 0.188. The van der Waals surface area contributed by atoms with Crippen LogP contribution in [-0.2, 0) is 13.0 Å². The van der Waals surface area contributed by atoms with Crippen LogP contribution in [0.15, 0.2) is 48.5 Å². The quantitative estimate of drug-likeness (QED) is 0.731. The molecule has 0 bridgehead atoms. The number of amides is 1. The fourth-order valence-corrected chi connectivity index (χ4v) is 3.58. The highest BCUT2D eigenvalue weighted by atomic mass is 32.1. The van der Waals surface area contributed by atoms with Crippen LogP contribution in [-0.4, -0.2) is 31.9 Å². The number of nitrogens with zero attached hydrogens (tertiary/aromatic N) is 4. The van der Waals surface area contributed by atoms with Gasteiger partial charge in [0.05, 0.1) is 0 Å². The summed E-state index contributed by atoms with van der Waals surface area (Å²) in [6.45, 7) is 1.47. The number of hydrogen-bond donors (Lipinski definition) is 0. The van der Waals surface area contributed by atoms with Gasteiger partial charge in [-0.1, -0.05) is 0 Å². The standard InChI is InChI=1S/C16H14N4OS/c21-16(19-6-2-14-13(10-19)3-8-22-14)12-1-4-18-15(9-12)20-7-5-17-11-20/h1,3-5,7-9,11H,2,6,10H2.